The van der Waals surface area contributed by atoms with Gasteiger partial charge < -0.3 is 14.5 Å². The first kappa shape index (κ1) is 19.7. The fourth-order valence-electron chi connectivity index (χ4n) is 4.24. The first-order chi connectivity index (χ1) is 13.0. The van der Waals surface area contributed by atoms with Crippen LogP contribution in [0.2, 0.25) is 0 Å². The number of piperazine rings is 1. The standard InChI is InChI=1S/C22H32N2O3/c1-16(2)19-14-17(8-9-20(19)27-3)15-21(25)23-10-12-24(13-11-23)22(26)18-6-4-5-7-18/h8-9,14,16,18H,4-7,10-13,15H2,1-3H3. The van der Waals surface area contributed by atoms with Crippen molar-refractivity contribution in [2.24, 2.45) is 5.92 Å². The molecule has 0 bridgehead atoms. The van der Waals surface area contributed by atoms with E-state index >= 15 is 0 Å². The third-order valence-corrected chi connectivity index (χ3v) is 5.92. The van der Waals surface area contributed by atoms with E-state index in [4.69, 9.17) is 4.74 Å². The second kappa shape index (κ2) is 8.77. The van der Waals surface area contributed by atoms with E-state index < -0.39 is 0 Å². The molecule has 0 radical (unpaired) electrons. The van der Waals surface area contributed by atoms with Crippen molar-refractivity contribution in [2.45, 2.75) is 51.9 Å². The summed E-state index contributed by atoms with van der Waals surface area (Å²) in [6.45, 7) is 6.88. The van der Waals surface area contributed by atoms with Crippen molar-refractivity contribution in [3.05, 3.63) is 29.3 Å². The topological polar surface area (TPSA) is 49.9 Å². The number of nitrogens with zero attached hydrogens (tertiary/aromatic N) is 2. The molecule has 27 heavy (non-hydrogen) atoms. The number of carbonyl (C=O) groups is 2. The zero-order chi connectivity index (χ0) is 19.4. The van der Waals surface area contributed by atoms with Crippen LogP contribution in [0.1, 0.15) is 56.6 Å². The van der Waals surface area contributed by atoms with E-state index in [9.17, 15) is 9.59 Å². The smallest absolute Gasteiger partial charge is 0.227 e. The Labute approximate surface area is 162 Å². The molecule has 1 aliphatic heterocycles. The molecule has 0 spiro atoms. The number of methoxy groups -OCH3 is 1. The third kappa shape index (κ3) is 4.63. The number of benzene rings is 1. The first-order valence-corrected chi connectivity index (χ1v) is 10.2. The van der Waals surface area contributed by atoms with E-state index in [0.29, 0.717) is 44.4 Å². The van der Waals surface area contributed by atoms with Gasteiger partial charge in [-0.2, -0.15) is 0 Å². The monoisotopic (exact) mass is 372 g/mol. The van der Waals surface area contributed by atoms with Crippen LogP contribution in [0.4, 0.5) is 0 Å². The van der Waals surface area contributed by atoms with E-state index in [0.717, 1.165) is 29.7 Å². The summed E-state index contributed by atoms with van der Waals surface area (Å²) >= 11 is 0. The van der Waals surface area contributed by atoms with Crippen molar-refractivity contribution >= 4 is 11.8 Å². The molecule has 2 amide bonds. The SMILES string of the molecule is COc1ccc(CC(=O)N2CCN(C(=O)C3CCCC3)CC2)cc1C(C)C. The van der Waals surface area contributed by atoms with Gasteiger partial charge in [-0.25, -0.2) is 0 Å². The number of carbonyl (C=O) groups excluding carboxylic acids is 2. The van der Waals surface area contributed by atoms with Crippen LogP contribution in [0.15, 0.2) is 18.2 Å². The summed E-state index contributed by atoms with van der Waals surface area (Å²) in [7, 11) is 1.68. The Morgan fingerprint density at radius 2 is 1.70 bits per heavy atom. The lowest BCUT2D eigenvalue weighted by atomic mass is 9.98. The molecule has 0 unspecified atom stereocenters. The molecule has 1 heterocycles. The van der Waals surface area contributed by atoms with E-state index in [1.165, 1.54) is 12.8 Å². The second-order valence-corrected chi connectivity index (χ2v) is 8.10. The maximum Gasteiger partial charge on any atom is 0.227 e. The molecule has 1 saturated heterocycles. The molecule has 2 aliphatic rings. The van der Waals surface area contributed by atoms with Gasteiger partial charge >= 0.3 is 0 Å². The maximum atomic E-state index is 12.7. The fraction of sp³-hybridized carbons (Fsp3) is 0.636. The van der Waals surface area contributed by atoms with Crippen LogP contribution in [-0.4, -0.2) is 54.9 Å². The Balaban J connectivity index is 1.55. The molecule has 1 saturated carbocycles. The van der Waals surface area contributed by atoms with Crippen molar-refractivity contribution in [3.63, 3.8) is 0 Å². The Bertz CT molecular complexity index is 672. The lowest BCUT2D eigenvalue weighted by Crippen LogP contribution is -2.52. The molecular weight excluding hydrogens is 340 g/mol. The Hall–Kier alpha value is -2.04. The third-order valence-electron chi connectivity index (χ3n) is 5.92. The van der Waals surface area contributed by atoms with Crippen molar-refractivity contribution < 1.29 is 14.3 Å². The number of hydrogen-bond acceptors (Lipinski definition) is 3. The summed E-state index contributed by atoms with van der Waals surface area (Å²) < 4.78 is 5.43. The summed E-state index contributed by atoms with van der Waals surface area (Å²) in [6, 6.07) is 6.01. The van der Waals surface area contributed by atoms with Gasteiger partial charge in [0.05, 0.1) is 13.5 Å². The largest absolute Gasteiger partial charge is 0.496 e. The van der Waals surface area contributed by atoms with Crippen molar-refractivity contribution in [1.29, 1.82) is 0 Å². The first-order valence-electron chi connectivity index (χ1n) is 10.2. The number of amides is 2. The Morgan fingerprint density at radius 1 is 1.07 bits per heavy atom. The van der Waals surface area contributed by atoms with Gasteiger partial charge in [0.25, 0.3) is 0 Å². The average molecular weight is 373 g/mol. The van der Waals surface area contributed by atoms with Crippen molar-refractivity contribution in [2.75, 3.05) is 33.3 Å². The van der Waals surface area contributed by atoms with Gasteiger partial charge in [-0.1, -0.05) is 38.8 Å². The summed E-state index contributed by atoms with van der Waals surface area (Å²) in [5, 5.41) is 0. The summed E-state index contributed by atoms with van der Waals surface area (Å²) in [4.78, 5) is 29.1. The van der Waals surface area contributed by atoms with Crippen LogP contribution >= 0.6 is 0 Å². The molecule has 1 aliphatic carbocycles. The van der Waals surface area contributed by atoms with Gasteiger partial charge in [0.1, 0.15) is 5.75 Å². The van der Waals surface area contributed by atoms with Crippen molar-refractivity contribution in [3.8, 4) is 5.75 Å². The van der Waals surface area contributed by atoms with Crippen LogP contribution in [0, 0.1) is 5.92 Å². The number of rotatable bonds is 5. The molecule has 3 rings (SSSR count). The molecule has 2 fully saturated rings. The van der Waals surface area contributed by atoms with Gasteiger partial charge in [0.15, 0.2) is 0 Å². The van der Waals surface area contributed by atoms with Crippen LogP contribution < -0.4 is 4.74 Å². The highest BCUT2D eigenvalue weighted by molar-refractivity contribution is 5.81. The minimum Gasteiger partial charge on any atom is -0.496 e. The lowest BCUT2D eigenvalue weighted by Gasteiger charge is -2.36. The normalized spacial score (nSPS) is 18.2. The van der Waals surface area contributed by atoms with Gasteiger partial charge in [0.2, 0.25) is 11.8 Å². The highest BCUT2D eigenvalue weighted by atomic mass is 16.5. The fourth-order valence-corrected chi connectivity index (χ4v) is 4.24. The number of ether oxygens (including phenoxy) is 1. The molecule has 148 valence electrons. The van der Waals surface area contributed by atoms with Crippen molar-refractivity contribution in [1.82, 2.24) is 9.80 Å². The van der Waals surface area contributed by atoms with Gasteiger partial charge in [-0.3, -0.25) is 9.59 Å². The van der Waals surface area contributed by atoms with E-state index in [1.54, 1.807) is 7.11 Å². The maximum absolute atomic E-state index is 12.7. The second-order valence-electron chi connectivity index (χ2n) is 8.10. The van der Waals surface area contributed by atoms with Gasteiger partial charge in [0, 0.05) is 32.1 Å². The van der Waals surface area contributed by atoms with E-state index in [2.05, 4.69) is 19.9 Å². The minimum atomic E-state index is 0.142. The van der Waals surface area contributed by atoms with E-state index in [-0.39, 0.29) is 11.8 Å². The molecular formula is C22H32N2O3. The average Bonchev–Trinajstić information content (AvgIpc) is 3.22. The van der Waals surface area contributed by atoms with E-state index in [1.807, 2.05) is 21.9 Å². The van der Waals surface area contributed by atoms with Crippen LogP contribution in [-0.2, 0) is 16.0 Å². The van der Waals surface area contributed by atoms with Crippen LogP contribution in [0.25, 0.3) is 0 Å². The summed E-state index contributed by atoms with van der Waals surface area (Å²) in [5.74, 6) is 1.89. The highest BCUT2D eigenvalue weighted by Gasteiger charge is 2.30. The van der Waals surface area contributed by atoms with Crippen LogP contribution in [0.3, 0.4) is 0 Å². The predicted octanol–water partition coefficient (Wildman–Crippen LogP) is 3.22. The van der Waals surface area contributed by atoms with Gasteiger partial charge in [-0.05, 0) is 36.0 Å². The quantitative estimate of drug-likeness (QED) is 0.797. The predicted molar refractivity (Wildman–Crippen MR) is 106 cm³/mol. The molecule has 1 aromatic carbocycles. The molecule has 0 aromatic heterocycles. The molecule has 0 atom stereocenters. The van der Waals surface area contributed by atoms with Crippen LogP contribution in [0.5, 0.6) is 5.75 Å². The molecule has 1 aromatic rings. The zero-order valence-electron chi connectivity index (χ0n) is 16.9. The Kier molecular flexibility index (Phi) is 6.40. The summed E-state index contributed by atoms with van der Waals surface area (Å²) in [6.07, 6.45) is 4.83. The van der Waals surface area contributed by atoms with Gasteiger partial charge in [-0.15, -0.1) is 0 Å². The zero-order valence-corrected chi connectivity index (χ0v) is 16.9. The highest BCUT2D eigenvalue weighted by Crippen LogP contribution is 2.28. The molecule has 5 heteroatoms. The molecule has 0 N–H and O–H groups in total. The minimum absolute atomic E-state index is 0.142. The Morgan fingerprint density at radius 3 is 2.30 bits per heavy atom. The molecule has 5 nitrogen and oxygen atoms in total. The summed E-state index contributed by atoms with van der Waals surface area (Å²) in [5.41, 5.74) is 2.16. The number of hydrogen-bond donors (Lipinski definition) is 0. The lowest BCUT2D eigenvalue weighted by molar-refractivity contribution is -0.141.